The van der Waals surface area contributed by atoms with Crippen LogP contribution in [0.25, 0.3) is 0 Å². The zero-order valence-electron chi connectivity index (χ0n) is 13.5. The zero-order chi connectivity index (χ0) is 15.2. The quantitative estimate of drug-likeness (QED) is 0.748. The summed E-state index contributed by atoms with van der Waals surface area (Å²) in [5.74, 6) is 1.18. The summed E-state index contributed by atoms with van der Waals surface area (Å²) in [4.78, 5) is 16.7. The summed E-state index contributed by atoms with van der Waals surface area (Å²) in [5, 5.41) is 0. The summed E-state index contributed by atoms with van der Waals surface area (Å²) in [6, 6.07) is 0. The number of hydrogen-bond acceptors (Lipinski definition) is 4. The van der Waals surface area contributed by atoms with Gasteiger partial charge in [-0.15, -0.1) is 0 Å². The van der Waals surface area contributed by atoms with Crippen molar-refractivity contribution in [3.8, 4) is 0 Å². The normalized spacial score (nSPS) is 17.5. The van der Waals surface area contributed by atoms with E-state index in [1.807, 2.05) is 13.8 Å². The van der Waals surface area contributed by atoms with Crippen LogP contribution in [0, 0.1) is 0 Å². The molecule has 0 amide bonds. The van der Waals surface area contributed by atoms with Gasteiger partial charge in [-0.25, -0.2) is 9.78 Å². The van der Waals surface area contributed by atoms with Crippen molar-refractivity contribution >= 4 is 5.97 Å². The molecular weight excluding hydrogens is 266 g/mol. The van der Waals surface area contributed by atoms with E-state index < -0.39 is 0 Å². The van der Waals surface area contributed by atoms with Crippen LogP contribution in [0.3, 0.4) is 0 Å². The fraction of sp³-hybridized carbons (Fsp3) is 0.765. The molecule has 4 heteroatoms. The molecule has 0 unspecified atom stereocenters. The zero-order valence-corrected chi connectivity index (χ0v) is 13.5. The topological polar surface area (TPSA) is 52.3 Å². The van der Waals surface area contributed by atoms with Crippen LogP contribution in [0.2, 0.25) is 0 Å². The van der Waals surface area contributed by atoms with Gasteiger partial charge in [-0.1, -0.05) is 46.0 Å². The van der Waals surface area contributed by atoms with Gasteiger partial charge in [0.05, 0.1) is 12.3 Å². The van der Waals surface area contributed by atoms with E-state index in [2.05, 4.69) is 4.98 Å². The van der Waals surface area contributed by atoms with Gasteiger partial charge in [-0.3, -0.25) is 0 Å². The highest BCUT2D eigenvalue weighted by Crippen LogP contribution is 2.33. The Balaban J connectivity index is 2.22. The fourth-order valence-electron chi connectivity index (χ4n) is 2.96. The van der Waals surface area contributed by atoms with Crippen LogP contribution in [-0.2, 0) is 4.74 Å². The van der Waals surface area contributed by atoms with Crippen molar-refractivity contribution in [3.05, 3.63) is 17.3 Å². The van der Waals surface area contributed by atoms with E-state index in [9.17, 15) is 4.79 Å². The van der Waals surface area contributed by atoms with E-state index in [4.69, 9.17) is 9.15 Å². The summed E-state index contributed by atoms with van der Waals surface area (Å²) in [6.07, 6.45) is 8.58. The van der Waals surface area contributed by atoms with Crippen LogP contribution in [0.1, 0.15) is 99.7 Å². The van der Waals surface area contributed by atoms with Crippen LogP contribution >= 0.6 is 0 Å². The molecule has 0 aromatic carbocycles. The lowest BCUT2D eigenvalue weighted by molar-refractivity contribution is 0.0484. The third-order valence-electron chi connectivity index (χ3n) is 4.13. The van der Waals surface area contributed by atoms with Crippen molar-refractivity contribution < 1.29 is 13.9 Å². The molecule has 0 aliphatic heterocycles. The van der Waals surface area contributed by atoms with Crippen LogP contribution < -0.4 is 0 Å². The minimum absolute atomic E-state index is 0.162. The van der Waals surface area contributed by atoms with E-state index in [0.717, 1.165) is 24.4 Å². The Kier molecular flexibility index (Phi) is 5.83. The number of aromatic nitrogens is 1. The number of nitrogens with zero attached hydrogens (tertiary/aromatic N) is 1. The van der Waals surface area contributed by atoms with E-state index in [1.54, 1.807) is 6.92 Å². The molecule has 0 atom stereocenters. The summed E-state index contributed by atoms with van der Waals surface area (Å²) < 4.78 is 10.9. The van der Waals surface area contributed by atoms with Gasteiger partial charge < -0.3 is 9.15 Å². The Morgan fingerprint density at radius 2 is 1.86 bits per heavy atom. The maximum atomic E-state index is 12.0. The predicted molar refractivity (Wildman–Crippen MR) is 81.6 cm³/mol. The van der Waals surface area contributed by atoms with Crippen molar-refractivity contribution in [2.24, 2.45) is 0 Å². The van der Waals surface area contributed by atoms with Gasteiger partial charge in [0.2, 0.25) is 5.76 Å². The maximum Gasteiger partial charge on any atom is 0.376 e. The molecule has 1 aromatic rings. The highest BCUT2D eigenvalue weighted by atomic mass is 16.5. The van der Waals surface area contributed by atoms with E-state index in [0.29, 0.717) is 18.3 Å². The fourth-order valence-corrected chi connectivity index (χ4v) is 2.96. The molecule has 1 aliphatic carbocycles. The summed E-state index contributed by atoms with van der Waals surface area (Å²) in [6.45, 7) is 6.22. The lowest BCUT2D eigenvalue weighted by Crippen LogP contribution is -2.07. The first-order chi connectivity index (χ1) is 10.1. The first-order valence-corrected chi connectivity index (χ1v) is 8.31. The third kappa shape index (κ3) is 4.08. The molecule has 1 fully saturated rings. The predicted octanol–water partition coefficient (Wildman–Crippen LogP) is 4.80. The van der Waals surface area contributed by atoms with Crippen LogP contribution in [0.5, 0.6) is 0 Å². The standard InChI is InChI=1S/C17H27NO3/c1-4-20-17(19)15-14(12(2)3)18-16(21-15)13-10-8-6-5-7-9-11-13/h12-13H,4-11H2,1-3H3. The van der Waals surface area contributed by atoms with Gasteiger partial charge in [0.25, 0.3) is 0 Å². The Bertz CT molecular complexity index is 457. The highest BCUT2D eigenvalue weighted by molar-refractivity contribution is 5.87. The monoisotopic (exact) mass is 293 g/mol. The highest BCUT2D eigenvalue weighted by Gasteiger charge is 2.27. The Hall–Kier alpha value is -1.32. The van der Waals surface area contributed by atoms with Crippen molar-refractivity contribution in [3.63, 3.8) is 0 Å². The van der Waals surface area contributed by atoms with Gasteiger partial charge in [0, 0.05) is 5.92 Å². The van der Waals surface area contributed by atoms with E-state index in [-0.39, 0.29) is 11.9 Å². The molecular formula is C17H27NO3. The molecule has 0 N–H and O–H groups in total. The molecule has 1 aliphatic rings. The van der Waals surface area contributed by atoms with Crippen LogP contribution in [-0.4, -0.2) is 17.6 Å². The second kappa shape index (κ2) is 7.62. The van der Waals surface area contributed by atoms with E-state index in [1.165, 1.54) is 32.1 Å². The molecule has 1 heterocycles. The molecule has 0 saturated heterocycles. The molecule has 0 spiro atoms. The summed E-state index contributed by atoms with van der Waals surface area (Å²) >= 11 is 0. The molecule has 1 aromatic heterocycles. The lowest BCUT2D eigenvalue weighted by Gasteiger charge is -2.16. The lowest BCUT2D eigenvalue weighted by atomic mass is 9.91. The van der Waals surface area contributed by atoms with Crippen LogP contribution in [0.15, 0.2) is 4.42 Å². The smallest absolute Gasteiger partial charge is 0.376 e. The molecule has 1 saturated carbocycles. The first-order valence-electron chi connectivity index (χ1n) is 8.31. The minimum Gasteiger partial charge on any atom is -0.460 e. The van der Waals surface area contributed by atoms with Crippen molar-refractivity contribution in [1.29, 1.82) is 0 Å². The second-order valence-electron chi connectivity index (χ2n) is 6.18. The minimum atomic E-state index is -0.384. The molecule has 4 nitrogen and oxygen atoms in total. The number of oxazole rings is 1. The summed E-state index contributed by atoms with van der Waals surface area (Å²) in [5.41, 5.74) is 0.741. The SMILES string of the molecule is CCOC(=O)c1oc(C2CCCCCCC2)nc1C(C)C. The largest absolute Gasteiger partial charge is 0.460 e. The molecule has 0 bridgehead atoms. The van der Waals surface area contributed by atoms with Gasteiger partial charge in [0.15, 0.2) is 5.89 Å². The number of carbonyl (C=O) groups excluding carboxylic acids is 1. The Morgan fingerprint density at radius 3 is 2.43 bits per heavy atom. The first kappa shape index (κ1) is 16.1. The van der Waals surface area contributed by atoms with Gasteiger partial charge in [-0.2, -0.15) is 0 Å². The summed E-state index contributed by atoms with van der Waals surface area (Å²) in [7, 11) is 0. The van der Waals surface area contributed by atoms with E-state index >= 15 is 0 Å². The van der Waals surface area contributed by atoms with Gasteiger partial charge in [0.1, 0.15) is 0 Å². The molecule has 0 radical (unpaired) electrons. The van der Waals surface area contributed by atoms with Crippen molar-refractivity contribution in [2.45, 2.75) is 77.6 Å². The van der Waals surface area contributed by atoms with Crippen molar-refractivity contribution in [2.75, 3.05) is 6.61 Å². The third-order valence-corrected chi connectivity index (χ3v) is 4.13. The van der Waals surface area contributed by atoms with Crippen molar-refractivity contribution in [1.82, 2.24) is 4.98 Å². The van der Waals surface area contributed by atoms with Gasteiger partial charge >= 0.3 is 5.97 Å². The average molecular weight is 293 g/mol. The van der Waals surface area contributed by atoms with Gasteiger partial charge in [-0.05, 0) is 25.7 Å². The molecule has 118 valence electrons. The van der Waals surface area contributed by atoms with Crippen LogP contribution in [0.4, 0.5) is 0 Å². The molecule has 2 rings (SSSR count). The number of hydrogen-bond donors (Lipinski definition) is 0. The second-order valence-corrected chi connectivity index (χ2v) is 6.18. The average Bonchev–Trinajstić information content (AvgIpc) is 2.83. The number of rotatable bonds is 4. The maximum absolute atomic E-state index is 12.0. The number of esters is 1. The molecule has 21 heavy (non-hydrogen) atoms. The Morgan fingerprint density at radius 1 is 1.24 bits per heavy atom. The Labute approximate surface area is 127 Å². The number of ether oxygens (including phenoxy) is 1. The number of carbonyl (C=O) groups is 1.